The van der Waals surface area contributed by atoms with E-state index in [9.17, 15) is 9.59 Å². The Balaban J connectivity index is 1.88. The van der Waals surface area contributed by atoms with E-state index in [-0.39, 0.29) is 11.5 Å². The first kappa shape index (κ1) is 15.1. The van der Waals surface area contributed by atoms with Gasteiger partial charge in [0.05, 0.1) is 18.7 Å². The maximum absolute atomic E-state index is 11.4. The van der Waals surface area contributed by atoms with Crippen molar-refractivity contribution < 1.29 is 14.3 Å². The molecule has 0 saturated carbocycles. The van der Waals surface area contributed by atoms with Gasteiger partial charge in [-0.15, -0.1) is 0 Å². The highest BCUT2D eigenvalue weighted by atomic mass is 16.5. The molecule has 1 N–H and O–H groups in total. The van der Waals surface area contributed by atoms with E-state index >= 15 is 0 Å². The minimum atomic E-state index is -0.174. The molecule has 5 heteroatoms. The minimum absolute atomic E-state index is 0.152. The van der Waals surface area contributed by atoms with E-state index in [1.807, 2.05) is 18.2 Å². The van der Waals surface area contributed by atoms with Crippen LogP contribution in [0.15, 0.2) is 35.1 Å². The van der Waals surface area contributed by atoms with Gasteiger partial charge in [-0.3, -0.25) is 9.59 Å². The lowest BCUT2D eigenvalue weighted by molar-refractivity contribution is -0.143. The van der Waals surface area contributed by atoms with Crippen molar-refractivity contribution in [2.75, 3.05) is 13.2 Å². The fraction of sp³-hybridized carbons (Fsp3) is 0.375. The van der Waals surface area contributed by atoms with Gasteiger partial charge in [-0.05, 0) is 31.9 Å². The van der Waals surface area contributed by atoms with Crippen LogP contribution in [0.1, 0.15) is 26.2 Å². The predicted octanol–water partition coefficient (Wildman–Crippen LogP) is 2.64. The average molecular weight is 289 g/mol. The lowest BCUT2D eigenvalue weighted by Gasteiger charge is -2.08. The van der Waals surface area contributed by atoms with E-state index in [0.717, 1.165) is 18.2 Å². The van der Waals surface area contributed by atoms with Crippen molar-refractivity contribution in [3.8, 4) is 5.75 Å². The van der Waals surface area contributed by atoms with Gasteiger partial charge in [-0.25, -0.2) is 0 Å². The summed E-state index contributed by atoms with van der Waals surface area (Å²) in [5.41, 5.74) is 0.552. The summed E-state index contributed by atoms with van der Waals surface area (Å²) >= 11 is 0. The van der Waals surface area contributed by atoms with Crippen LogP contribution in [0, 0.1) is 0 Å². The van der Waals surface area contributed by atoms with Crippen LogP contribution in [0.2, 0.25) is 0 Å². The van der Waals surface area contributed by atoms with Crippen molar-refractivity contribution in [1.82, 2.24) is 4.98 Å². The molecule has 0 aliphatic heterocycles. The number of hydrogen-bond donors (Lipinski definition) is 1. The van der Waals surface area contributed by atoms with E-state index in [1.165, 1.54) is 6.07 Å². The largest absolute Gasteiger partial charge is 0.491 e. The number of H-pyrrole nitrogens is 1. The quantitative estimate of drug-likeness (QED) is 0.628. The fourth-order valence-corrected chi connectivity index (χ4v) is 2.06. The van der Waals surface area contributed by atoms with Crippen LogP contribution in [0.3, 0.4) is 0 Å². The second-order valence-electron chi connectivity index (χ2n) is 4.65. The summed E-state index contributed by atoms with van der Waals surface area (Å²) in [4.78, 5) is 25.4. The van der Waals surface area contributed by atoms with Crippen LogP contribution in [-0.4, -0.2) is 24.2 Å². The third kappa shape index (κ3) is 4.34. The molecule has 1 aromatic heterocycles. The van der Waals surface area contributed by atoms with Gasteiger partial charge in [0.15, 0.2) is 0 Å². The summed E-state index contributed by atoms with van der Waals surface area (Å²) < 4.78 is 10.6. The number of pyridine rings is 1. The van der Waals surface area contributed by atoms with Crippen LogP contribution in [-0.2, 0) is 9.53 Å². The third-order valence-corrected chi connectivity index (χ3v) is 3.06. The number of aromatic amines is 1. The second kappa shape index (κ2) is 7.47. The maximum atomic E-state index is 11.4. The first-order valence-electron chi connectivity index (χ1n) is 7.11. The minimum Gasteiger partial charge on any atom is -0.491 e. The molecule has 112 valence electrons. The normalized spacial score (nSPS) is 10.5. The Labute approximate surface area is 122 Å². The number of hydrogen-bond acceptors (Lipinski definition) is 4. The number of nitrogens with one attached hydrogen (secondary N) is 1. The molecule has 2 aromatic rings. The summed E-state index contributed by atoms with van der Waals surface area (Å²) in [7, 11) is 0. The molecular weight excluding hydrogens is 270 g/mol. The van der Waals surface area contributed by atoms with Gasteiger partial charge < -0.3 is 14.5 Å². The van der Waals surface area contributed by atoms with Crippen LogP contribution in [0.25, 0.3) is 10.9 Å². The summed E-state index contributed by atoms with van der Waals surface area (Å²) in [5, 5.41) is 0.929. The highest BCUT2D eigenvalue weighted by Crippen LogP contribution is 2.22. The number of aromatic nitrogens is 1. The number of rotatable bonds is 7. The molecule has 0 saturated heterocycles. The Bertz CT molecular complexity index is 663. The zero-order valence-corrected chi connectivity index (χ0v) is 12.1. The Morgan fingerprint density at radius 2 is 2.05 bits per heavy atom. The summed E-state index contributed by atoms with van der Waals surface area (Å²) in [6, 6.07) is 8.88. The number of benzene rings is 1. The van der Waals surface area contributed by atoms with Crippen LogP contribution < -0.4 is 10.3 Å². The topological polar surface area (TPSA) is 68.4 Å². The summed E-state index contributed by atoms with van der Waals surface area (Å²) in [6.07, 6.45) is 1.88. The highest BCUT2D eigenvalue weighted by Gasteiger charge is 2.04. The zero-order chi connectivity index (χ0) is 15.1. The predicted molar refractivity (Wildman–Crippen MR) is 80.5 cm³/mol. The number of para-hydroxylation sites is 1. The first-order valence-corrected chi connectivity index (χ1v) is 7.11. The standard InChI is InChI=1S/C16H19NO4/c1-2-20-15(19)8-3-4-11-21-13-7-5-6-12-9-10-14(18)17-16(12)13/h5-7,9-10H,2-4,8,11H2,1H3,(H,17,18). The smallest absolute Gasteiger partial charge is 0.305 e. The van der Waals surface area contributed by atoms with Crippen molar-refractivity contribution >= 4 is 16.9 Å². The number of unbranched alkanes of at least 4 members (excludes halogenated alkanes) is 1. The van der Waals surface area contributed by atoms with Crippen molar-refractivity contribution in [1.29, 1.82) is 0 Å². The van der Waals surface area contributed by atoms with E-state index in [1.54, 1.807) is 13.0 Å². The summed E-state index contributed by atoms with van der Waals surface area (Å²) in [6.45, 7) is 2.70. The Morgan fingerprint density at radius 3 is 2.86 bits per heavy atom. The Morgan fingerprint density at radius 1 is 1.19 bits per heavy atom. The van der Waals surface area contributed by atoms with Crippen LogP contribution in [0.5, 0.6) is 5.75 Å². The number of fused-ring (bicyclic) bond motifs is 1. The van der Waals surface area contributed by atoms with Gasteiger partial charge in [0.1, 0.15) is 5.75 Å². The average Bonchev–Trinajstić information content (AvgIpc) is 2.47. The molecule has 0 spiro atoms. The molecule has 0 fully saturated rings. The number of esters is 1. The Kier molecular flexibility index (Phi) is 5.37. The van der Waals surface area contributed by atoms with Crippen molar-refractivity contribution in [2.24, 2.45) is 0 Å². The molecular formula is C16H19NO4. The van der Waals surface area contributed by atoms with E-state index < -0.39 is 0 Å². The van der Waals surface area contributed by atoms with Gasteiger partial charge in [-0.1, -0.05) is 12.1 Å². The fourth-order valence-electron chi connectivity index (χ4n) is 2.06. The van der Waals surface area contributed by atoms with E-state index in [4.69, 9.17) is 9.47 Å². The lowest BCUT2D eigenvalue weighted by atomic mass is 10.2. The van der Waals surface area contributed by atoms with Gasteiger partial charge in [0.25, 0.3) is 0 Å². The third-order valence-electron chi connectivity index (χ3n) is 3.06. The van der Waals surface area contributed by atoms with E-state index in [2.05, 4.69) is 4.98 Å². The zero-order valence-electron chi connectivity index (χ0n) is 12.1. The second-order valence-corrected chi connectivity index (χ2v) is 4.65. The molecule has 0 radical (unpaired) electrons. The molecule has 0 aliphatic rings. The van der Waals surface area contributed by atoms with Crippen molar-refractivity contribution in [2.45, 2.75) is 26.2 Å². The van der Waals surface area contributed by atoms with Crippen molar-refractivity contribution in [3.05, 3.63) is 40.7 Å². The molecule has 0 bridgehead atoms. The van der Waals surface area contributed by atoms with Crippen molar-refractivity contribution in [3.63, 3.8) is 0 Å². The molecule has 1 aromatic carbocycles. The number of carbonyl (C=O) groups excluding carboxylic acids is 1. The monoisotopic (exact) mass is 289 g/mol. The van der Waals surface area contributed by atoms with Gasteiger partial charge >= 0.3 is 5.97 Å². The molecule has 2 rings (SSSR count). The van der Waals surface area contributed by atoms with Crippen LogP contribution >= 0.6 is 0 Å². The molecule has 0 atom stereocenters. The first-order chi connectivity index (χ1) is 10.2. The number of ether oxygens (including phenoxy) is 2. The molecule has 0 amide bonds. The molecule has 5 nitrogen and oxygen atoms in total. The lowest BCUT2D eigenvalue weighted by Crippen LogP contribution is -2.06. The maximum Gasteiger partial charge on any atom is 0.305 e. The molecule has 1 heterocycles. The Hall–Kier alpha value is -2.30. The van der Waals surface area contributed by atoms with E-state index in [0.29, 0.717) is 30.9 Å². The summed E-state index contributed by atoms with van der Waals surface area (Å²) in [5.74, 6) is 0.480. The number of carbonyl (C=O) groups is 1. The molecule has 21 heavy (non-hydrogen) atoms. The van der Waals surface area contributed by atoms with Gasteiger partial charge in [-0.2, -0.15) is 0 Å². The molecule has 0 aliphatic carbocycles. The highest BCUT2D eigenvalue weighted by molar-refractivity contribution is 5.84. The molecule has 0 unspecified atom stereocenters. The van der Waals surface area contributed by atoms with Gasteiger partial charge in [0, 0.05) is 17.9 Å². The SMILES string of the molecule is CCOC(=O)CCCCOc1cccc2ccc(=O)[nH]c12. The van der Waals surface area contributed by atoms with Gasteiger partial charge in [0.2, 0.25) is 5.56 Å². The van der Waals surface area contributed by atoms with Crippen LogP contribution in [0.4, 0.5) is 0 Å².